The van der Waals surface area contributed by atoms with Gasteiger partial charge in [-0.15, -0.1) is 0 Å². The zero-order chi connectivity index (χ0) is 20.1. The van der Waals surface area contributed by atoms with Crippen LogP contribution in [0.4, 0.5) is 18.0 Å². The number of likely N-dealkylation sites (tertiary alicyclic amines) is 1. The van der Waals surface area contributed by atoms with Gasteiger partial charge in [-0.05, 0) is 29.7 Å². The number of carbonyl (C=O) groups excluding carboxylic acids is 2. The summed E-state index contributed by atoms with van der Waals surface area (Å²) in [6.45, 7) is 0.330. The van der Waals surface area contributed by atoms with E-state index in [4.69, 9.17) is 4.74 Å². The van der Waals surface area contributed by atoms with Gasteiger partial charge in [0.2, 0.25) is 0 Å². The number of rotatable bonds is 3. The Morgan fingerprint density at radius 3 is 2.39 bits per heavy atom. The van der Waals surface area contributed by atoms with Gasteiger partial charge in [0.25, 0.3) is 0 Å². The second-order valence-corrected chi connectivity index (χ2v) is 6.53. The molecule has 3 rings (SSSR count). The molecule has 0 bridgehead atoms. The molecule has 1 fully saturated rings. The molecule has 0 spiro atoms. The van der Waals surface area contributed by atoms with E-state index in [0.717, 1.165) is 17.7 Å². The van der Waals surface area contributed by atoms with E-state index >= 15 is 0 Å². The number of hydrogen-bond acceptors (Lipinski definition) is 3. The van der Waals surface area contributed by atoms with Crippen molar-refractivity contribution in [3.8, 4) is 0 Å². The fourth-order valence-electron chi connectivity index (χ4n) is 3.16. The molecule has 1 saturated heterocycles. The normalized spacial score (nSPS) is 17.2. The zero-order valence-corrected chi connectivity index (χ0v) is 14.9. The summed E-state index contributed by atoms with van der Waals surface area (Å²) in [7, 11) is 0. The first kappa shape index (κ1) is 19.7. The molecule has 0 radical (unpaired) electrons. The van der Waals surface area contributed by atoms with Crippen LogP contribution in [0.25, 0.3) is 0 Å². The largest absolute Gasteiger partial charge is 0.445 e. The van der Waals surface area contributed by atoms with Crippen LogP contribution in [-0.4, -0.2) is 23.5 Å². The number of hydrogen-bond donors (Lipinski definition) is 0. The Balaban J connectivity index is 1.78. The second kappa shape index (κ2) is 8.31. The van der Waals surface area contributed by atoms with Crippen molar-refractivity contribution in [1.82, 2.24) is 4.90 Å². The zero-order valence-electron chi connectivity index (χ0n) is 14.9. The van der Waals surface area contributed by atoms with Gasteiger partial charge in [-0.1, -0.05) is 42.5 Å². The molecule has 0 aliphatic carbocycles. The molecule has 1 unspecified atom stereocenters. The van der Waals surface area contributed by atoms with Crippen LogP contribution < -0.4 is 0 Å². The maximum atomic E-state index is 12.8. The number of piperidine rings is 1. The third-order valence-electron chi connectivity index (χ3n) is 4.68. The van der Waals surface area contributed by atoms with Gasteiger partial charge >= 0.3 is 12.3 Å². The number of carbonyl (C=O) groups is 1. The molecule has 1 amide bonds. The molecule has 4 nitrogen and oxygen atoms in total. The molecule has 2 aromatic rings. The summed E-state index contributed by atoms with van der Waals surface area (Å²) in [4.78, 5) is 25.1. The van der Waals surface area contributed by atoms with E-state index in [9.17, 15) is 22.8 Å². The lowest BCUT2D eigenvalue weighted by Gasteiger charge is -2.35. The third-order valence-corrected chi connectivity index (χ3v) is 4.68. The Morgan fingerprint density at radius 2 is 1.79 bits per heavy atom. The van der Waals surface area contributed by atoms with E-state index in [1.54, 1.807) is 0 Å². The molecular weight excluding hydrogens is 371 g/mol. The number of nitrogens with zero attached hydrogens (tertiary/aromatic N) is 1. The number of benzene rings is 2. The van der Waals surface area contributed by atoms with Crippen LogP contribution in [0, 0.1) is 0 Å². The summed E-state index contributed by atoms with van der Waals surface area (Å²) in [5.41, 5.74) is 1.07. The summed E-state index contributed by atoms with van der Waals surface area (Å²) in [5.74, 6) is 1.86. The van der Waals surface area contributed by atoms with Gasteiger partial charge in [0, 0.05) is 18.5 Å². The highest BCUT2D eigenvalue weighted by molar-refractivity contribution is 5.69. The topological polar surface area (TPSA) is 46.6 Å². The fraction of sp³-hybridized carbons (Fsp3) is 0.286. The monoisotopic (exact) mass is 389 g/mol. The Hall–Kier alpha value is -3.05. The van der Waals surface area contributed by atoms with Crippen molar-refractivity contribution in [2.75, 3.05) is 6.54 Å². The van der Waals surface area contributed by atoms with Crippen molar-refractivity contribution in [2.45, 2.75) is 31.7 Å². The quantitative estimate of drug-likeness (QED) is 0.699. The maximum absolute atomic E-state index is 12.8. The lowest BCUT2D eigenvalue weighted by atomic mass is 9.92. The van der Waals surface area contributed by atoms with Crippen molar-refractivity contribution in [3.05, 3.63) is 76.9 Å². The molecule has 2 aromatic carbocycles. The molecule has 28 heavy (non-hydrogen) atoms. The molecule has 7 heteroatoms. The van der Waals surface area contributed by atoms with Gasteiger partial charge < -0.3 is 9.64 Å². The van der Waals surface area contributed by atoms with Crippen molar-refractivity contribution < 1.29 is 27.5 Å². The average Bonchev–Trinajstić information content (AvgIpc) is 2.71. The SMILES string of the molecule is O=C=C1CCN(C(=O)OCc2ccccc2)C(c2ccc(C(F)(F)F)cc2)C1. The highest BCUT2D eigenvalue weighted by Crippen LogP contribution is 2.35. The predicted molar refractivity (Wildman–Crippen MR) is 96.0 cm³/mol. The van der Waals surface area contributed by atoms with Crippen molar-refractivity contribution in [2.24, 2.45) is 0 Å². The summed E-state index contributed by atoms with van der Waals surface area (Å²) >= 11 is 0. The summed E-state index contributed by atoms with van der Waals surface area (Å²) in [5, 5.41) is 0. The van der Waals surface area contributed by atoms with Crippen LogP contribution in [-0.2, 0) is 22.3 Å². The van der Waals surface area contributed by atoms with Crippen molar-refractivity contribution in [3.63, 3.8) is 0 Å². The average molecular weight is 389 g/mol. The van der Waals surface area contributed by atoms with Crippen molar-refractivity contribution >= 4 is 12.0 Å². The summed E-state index contributed by atoms with van der Waals surface area (Å²) < 4.78 is 43.8. The van der Waals surface area contributed by atoms with Gasteiger partial charge in [0.1, 0.15) is 12.5 Å². The molecule has 0 saturated carbocycles. The standard InChI is InChI=1S/C21H18F3NO3/c22-21(23,24)18-8-6-17(7-9-18)19-12-16(13-26)10-11-25(19)20(27)28-14-15-4-2-1-3-5-15/h1-9,19H,10-12,14H2. The Morgan fingerprint density at radius 1 is 1.11 bits per heavy atom. The summed E-state index contributed by atoms with van der Waals surface area (Å²) in [6.07, 6.45) is -4.43. The Kier molecular flexibility index (Phi) is 5.85. The molecule has 146 valence electrons. The fourth-order valence-corrected chi connectivity index (χ4v) is 3.16. The smallest absolute Gasteiger partial charge is 0.416 e. The van der Waals surface area contributed by atoms with Gasteiger partial charge in [0.05, 0.1) is 11.6 Å². The third kappa shape index (κ3) is 4.61. The first-order valence-corrected chi connectivity index (χ1v) is 8.76. The van der Waals surface area contributed by atoms with E-state index < -0.39 is 23.9 Å². The second-order valence-electron chi connectivity index (χ2n) is 6.53. The van der Waals surface area contributed by atoms with Crippen LogP contribution in [0.5, 0.6) is 0 Å². The minimum Gasteiger partial charge on any atom is -0.445 e. The van der Waals surface area contributed by atoms with E-state index in [1.165, 1.54) is 17.0 Å². The molecular formula is C21H18F3NO3. The van der Waals surface area contributed by atoms with Crippen molar-refractivity contribution in [1.29, 1.82) is 0 Å². The highest BCUT2D eigenvalue weighted by atomic mass is 19.4. The van der Waals surface area contributed by atoms with Gasteiger partial charge in [-0.3, -0.25) is 0 Å². The number of ether oxygens (including phenoxy) is 1. The molecule has 0 N–H and O–H groups in total. The number of halogens is 3. The van der Waals surface area contributed by atoms with E-state index in [-0.39, 0.29) is 19.6 Å². The van der Waals surface area contributed by atoms with E-state index in [1.807, 2.05) is 36.3 Å². The Labute approximate surface area is 160 Å². The number of amides is 1. The minimum atomic E-state index is -4.44. The molecule has 1 heterocycles. The van der Waals surface area contributed by atoms with E-state index in [0.29, 0.717) is 17.6 Å². The highest BCUT2D eigenvalue weighted by Gasteiger charge is 2.34. The maximum Gasteiger partial charge on any atom is 0.416 e. The van der Waals surface area contributed by atoms with Crippen LogP contribution in [0.2, 0.25) is 0 Å². The lowest BCUT2D eigenvalue weighted by molar-refractivity contribution is -0.137. The summed E-state index contributed by atoms with van der Waals surface area (Å²) in [6, 6.07) is 13.2. The van der Waals surface area contributed by atoms with Crippen LogP contribution >= 0.6 is 0 Å². The Bertz CT molecular complexity index is 872. The molecule has 1 aliphatic rings. The van der Waals surface area contributed by atoms with Crippen LogP contribution in [0.3, 0.4) is 0 Å². The lowest BCUT2D eigenvalue weighted by Crippen LogP contribution is -2.39. The van der Waals surface area contributed by atoms with E-state index in [2.05, 4.69) is 0 Å². The van der Waals surface area contributed by atoms with Gasteiger partial charge in [0.15, 0.2) is 0 Å². The van der Waals surface area contributed by atoms with Crippen LogP contribution in [0.15, 0.2) is 60.2 Å². The first-order valence-electron chi connectivity index (χ1n) is 8.76. The first-order chi connectivity index (χ1) is 13.4. The minimum absolute atomic E-state index is 0.0896. The number of alkyl halides is 3. The predicted octanol–water partition coefficient (Wildman–Crippen LogP) is 4.94. The molecule has 0 aromatic heterocycles. The van der Waals surface area contributed by atoms with Gasteiger partial charge in [-0.25, -0.2) is 9.59 Å². The molecule has 1 atom stereocenters. The van der Waals surface area contributed by atoms with Gasteiger partial charge in [-0.2, -0.15) is 13.2 Å². The van der Waals surface area contributed by atoms with Crippen LogP contribution in [0.1, 0.15) is 35.6 Å². The molecule has 1 aliphatic heterocycles.